The fourth-order valence-corrected chi connectivity index (χ4v) is 4.22. The van der Waals surface area contributed by atoms with Gasteiger partial charge in [-0.2, -0.15) is 18.3 Å². The number of piperazine rings is 1. The van der Waals surface area contributed by atoms with Gasteiger partial charge in [-0.1, -0.05) is 24.3 Å². The highest BCUT2D eigenvalue weighted by atomic mass is 19.4. The van der Waals surface area contributed by atoms with Gasteiger partial charge in [-0.15, -0.1) is 0 Å². The molecule has 0 unspecified atom stereocenters. The van der Waals surface area contributed by atoms with E-state index in [1.807, 2.05) is 12.1 Å². The number of rotatable bonds is 4. The first kappa shape index (κ1) is 22.3. The largest absolute Gasteiger partial charge is 0.417 e. The second-order valence-corrected chi connectivity index (χ2v) is 8.33. The molecule has 1 aromatic carbocycles. The molecule has 0 aliphatic carbocycles. The van der Waals surface area contributed by atoms with Crippen LogP contribution < -0.4 is 0 Å². The third kappa shape index (κ3) is 4.48. The van der Waals surface area contributed by atoms with E-state index < -0.39 is 11.7 Å². The molecule has 0 spiro atoms. The molecule has 2 aromatic heterocycles. The third-order valence-corrected chi connectivity index (χ3v) is 5.98. The number of nitrogens with zero attached hydrogens (tertiary/aromatic N) is 5. The van der Waals surface area contributed by atoms with E-state index in [1.54, 1.807) is 4.90 Å². The van der Waals surface area contributed by atoms with Crippen molar-refractivity contribution in [1.29, 1.82) is 0 Å². The van der Waals surface area contributed by atoms with Gasteiger partial charge in [0, 0.05) is 38.4 Å². The molecule has 0 saturated carbocycles. The van der Waals surface area contributed by atoms with Gasteiger partial charge < -0.3 is 4.90 Å². The Bertz CT molecular complexity index is 1150. The Kier molecular flexibility index (Phi) is 5.94. The number of alkyl halides is 3. The second kappa shape index (κ2) is 8.54. The van der Waals surface area contributed by atoms with Gasteiger partial charge in [-0.3, -0.25) is 9.69 Å². The lowest BCUT2D eigenvalue weighted by atomic mass is 10.1. The van der Waals surface area contributed by atoms with Crippen LogP contribution in [0.15, 0.2) is 30.3 Å². The molecule has 1 fully saturated rings. The Labute approximate surface area is 184 Å². The van der Waals surface area contributed by atoms with Gasteiger partial charge in [0.2, 0.25) is 5.91 Å². The van der Waals surface area contributed by atoms with Crippen molar-refractivity contribution >= 4 is 16.9 Å². The zero-order chi connectivity index (χ0) is 23.0. The summed E-state index contributed by atoms with van der Waals surface area (Å²) in [6.07, 6.45) is -4.51. The number of amides is 1. The summed E-state index contributed by atoms with van der Waals surface area (Å²) in [5, 5.41) is 4.17. The maximum atomic E-state index is 13.5. The van der Waals surface area contributed by atoms with E-state index in [2.05, 4.69) is 34.0 Å². The number of hydrogen-bond acceptors (Lipinski definition) is 4. The van der Waals surface area contributed by atoms with Crippen molar-refractivity contribution < 1.29 is 18.0 Å². The molecule has 0 radical (unpaired) electrons. The quantitative estimate of drug-likeness (QED) is 0.614. The van der Waals surface area contributed by atoms with Gasteiger partial charge in [0.05, 0.1) is 16.6 Å². The van der Waals surface area contributed by atoms with Crippen LogP contribution in [0.1, 0.15) is 28.1 Å². The molecule has 1 aliphatic heterocycles. The normalized spacial score (nSPS) is 15.5. The Morgan fingerprint density at radius 1 is 1.06 bits per heavy atom. The van der Waals surface area contributed by atoms with Gasteiger partial charge in [0.1, 0.15) is 6.54 Å². The molecule has 4 rings (SSSR count). The van der Waals surface area contributed by atoms with Gasteiger partial charge in [0.15, 0.2) is 5.65 Å². The Morgan fingerprint density at radius 2 is 1.75 bits per heavy atom. The van der Waals surface area contributed by atoms with Crippen molar-refractivity contribution in [3.63, 3.8) is 0 Å². The highest BCUT2D eigenvalue weighted by Crippen LogP contribution is 2.36. The van der Waals surface area contributed by atoms with Crippen LogP contribution >= 0.6 is 0 Å². The maximum Gasteiger partial charge on any atom is 0.417 e. The van der Waals surface area contributed by atoms with E-state index in [0.717, 1.165) is 25.7 Å². The first-order valence-electron chi connectivity index (χ1n) is 10.6. The summed E-state index contributed by atoms with van der Waals surface area (Å²) in [5.74, 6) is -0.165. The summed E-state index contributed by atoms with van der Waals surface area (Å²) in [6.45, 7) is 8.45. The summed E-state index contributed by atoms with van der Waals surface area (Å²) in [4.78, 5) is 21.2. The lowest BCUT2D eigenvalue weighted by Crippen LogP contribution is -2.49. The van der Waals surface area contributed by atoms with Crippen molar-refractivity contribution in [2.75, 3.05) is 26.2 Å². The molecule has 9 heteroatoms. The smallest absolute Gasteiger partial charge is 0.339 e. The van der Waals surface area contributed by atoms with Gasteiger partial charge >= 0.3 is 6.18 Å². The summed E-state index contributed by atoms with van der Waals surface area (Å²) in [7, 11) is 0. The molecule has 1 aliphatic rings. The molecule has 3 aromatic rings. The zero-order valence-electron chi connectivity index (χ0n) is 18.4. The molecular formula is C23H26F3N5O. The predicted molar refractivity (Wildman–Crippen MR) is 115 cm³/mol. The molecule has 0 N–H and O–H groups in total. The first-order chi connectivity index (χ1) is 15.1. The fourth-order valence-electron chi connectivity index (χ4n) is 4.22. The van der Waals surface area contributed by atoms with Gasteiger partial charge in [-0.05, 0) is 38.0 Å². The van der Waals surface area contributed by atoms with E-state index in [9.17, 15) is 18.0 Å². The minimum Gasteiger partial charge on any atom is -0.339 e. The third-order valence-electron chi connectivity index (χ3n) is 5.98. The molecule has 1 amide bonds. The SMILES string of the molecule is Cc1cc(C(F)(F)F)c2c(C)nn(CC(=O)N3CCN(Cc4ccccc4C)CC3)c2n1. The summed E-state index contributed by atoms with van der Waals surface area (Å²) in [6, 6.07) is 9.27. The van der Waals surface area contributed by atoms with Crippen molar-refractivity contribution in [1.82, 2.24) is 24.6 Å². The molecule has 0 atom stereocenters. The number of hydrogen-bond donors (Lipinski definition) is 0. The number of pyridine rings is 1. The number of aryl methyl sites for hydroxylation is 3. The number of carbonyl (C=O) groups excluding carboxylic acids is 1. The molecule has 170 valence electrons. The summed E-state index contributed by atoms with van der Waals surface area (Å²) < 4.78 is 41.8. The molecule has 1 saturated heterocycles. The number of halogens is 3. The van der Waals surface area contributed by atoms with Crippen molar-refractivity contribution in [3.05, 3.63) is 58.4 Å². The molecule has 6 nitrogen and oxygen atoms in total. The summed E-state index contributed by atoms with van der Waals surface area (Å²) in [5.41, 5.74) is 2.31. The van der Waals surface area contributed by atoms with Gasteiger partial charge in [-0.25, -0.2) is 9.67 Å². The molecule has 0 bridgehead atoms. The zero-order valence-corrected chi connectivity index (χ0v) is 18.4. The van der Waals surface area contributed by atoms with Crippen molar-refractivity contribution in [3.8, 4) is 0 Å². The predicted octanol–water partition coefficient (Wildman–Crippen LogP) is 3.72. The van der Waals surface area contributed by atoms with E-state index >= 15 is 0 Å². The van der Waals surface area contributed by atoms with Crippen LogP contribution in [0.2, 0.25) is 0 Å². The highest BCUT2D eigenvalue weighted by molar-refractivity contribution is 5.85. The van der Waals surface area contributed by atoms with Gasteiger partial charge in [0.25, 0.3) is 0 Å². The average molecular weight is 445 g/mol. The highest BCUT2D eigenvalue weighted by Gasteiger charge is 2.35. The number of carbonyl (C=O) groups is 1. The number of fused-ring (bicyclic) bond motifs is 1. The molecule has 32 heavy (non-hydrogen) atoms. The van der Waals surface area contributed by atoms with Crippen LogP contribution in [0, 0.1) is 20.8 Å². The monoisotopic (exact) mass is 445 g/mol. The number of benzene rings is 1. The Hall–Kier alpha value is -2.94. The van der Waals surface area contributed by atoms with Crippen LogP contribution in [0.5, 0.6) is 0 Å². The van der Waals surface area contributed by atoms with E-state index in [-0.39, 0.29) is 34.9 Å². The van der Waals surface area contributed by atoms with E-state index in [0.29, 0.717) is 13.1 Å². The van der Waals surface area contributed by atoms with Crippen molar-refractivity contribution in [2.45, 2.75) is 40.0 Å². The Morgan fingerprint density at radius 3 is 2.41 bits per heavy atom. The van der Waals surface area contributed by atoms with Crippen LogP contribution in [-0.2, 0) is 24.1 Å². The second-order valence-electron chi connectivity index (χ2n) is 8.33. The van der Waals surface area contributed by atoms with E-state index in [4.69, 9.17) is 0 Å². The first-order valence-corrected chi connectivity index (χ1v) is 10.6. The molecular weight excluding hydrogens is 419 g/mol. The maximum absolute atomic E-state index is 13.5. The lowest BCUT2D eigenvalue weighted by molar-refractivity contribution is -0.136. The summed E-state index contributed by atoms with van der Waals surface area (Å²) >= 11 is 0. The minimum atomic E-state index is -4.51. The topological polar surface area (TPSA) is 54.3 Å². The van der Waals surface area contributed by atoms with Crippen molar-refractivity contribution in [2.24, 2.45) is 0 Å². The van der Waals surface area contributed by atoms with Crippen LogP contribution in [-0.4, -0.2) is 56.7 Å². The lowest BCUT2D eigenvalue weighted by Gasteiger charge is -2.35. The van der Waals surface area contributed by atoms with E-state index in [1.165, 1.54) is 29.7 Å². The minimum absolute atomic E-state index is 0.0426. The standard InChI is InChI=1S/C23H26F3N5O/c1-15-6-4-5-7-18(15)13-29-8-10-30(11-9-29)20(32)14-31-22-21(17(3)28-31)19(23(24,25)26)12-16(2)27-22/h4-7,12H,8-11,13-14H2,1-3H3. The van der Waals surface area contributed by atoms with Crippen LogP contribution in [0.25, 0.3) is 11.0 Å². The fraction of sp³-hybridized carbons (Fsp3) is 0.435. The Balaban J connectivity index is 1.46. The number of aromatic nitrogens is 3. The average Bonchev–Trinajstić information content (AvgIpc) is 3.04. The van der Waals surface area contributed by atoms with Crippen LogP contribution in [0.3, 0.4) is 0 Å². The molecule has 3 heterocycles. The van der Waals surface area contributed by atoms with Crippen LogP contribution in [0.4, 0.5) is 13.2 Å².